The number of nitrogens with two attached hydrogens (primary N) is 1. The maximum Gasteiger partial charge on any atom is 0.278 e. The average Bonchev–Trinajstić information content (AvgIpc) is 3.04. The number of aromatic amines is 1. The maximum absolute atomic E-state index is 13.0. The Balaban J connectivity index is 1.78. The number of anilines is 1. The van der Waals surface area contributed by atoms with Gasteiger partial charge in [-0.05, 0) is 37.0 Å². The third kappa shape index (κ3) is 2.53. The number of carbonyl (C=O) groups is 1. The second kappa shape index (κ2) is 5.86. The van der Waals surface area contributed by atoms with Crippen LogP contribution in [0.4, 0.5) is 5.69 Å². The highest BCUT2D eigenvalue weighted by molar-refractivity contribution is 6.06. The number of rotatable bonds is 2. The van der Waals surface area contributed by atoms with Crippen LogP contribution in [0.1, 0.15) is 33.7 Å². The molecule has 0 radical (unpaired) electrons. The number of carbonyl (C=O) groups excluding carboxylic acids is 1. The van der Waals surface area contributed by atoms with Crippen LogP contribution in [0.2, 0.25) is 0 Å². The summed E-state index contributed by atoms with van der Waals surface area (Å²) < 4.78 is 1.46. The molecule has 0 saturated carbocycles. The van der Waals surface area contributed by atoms with Crippen molar-refractivity contribution in [2.24, 2.45) is 5.73 Å². The van der Waals surface area contributed by atoms with Crippen molar-refractivity contribution in [2.45, 2.75) is 26.3 Å². The molecule has 0 fully saturated rings. The summed E-state index contributed by atoms with van der Waals surface area (Å²) in [6, 6.07) is 7.41. The number of H-pyrrole nitrogens is 1. The largest absolute Gasteiger partial charge is 0.326 e. The molecular formula is C18H19N5O2. The summed E-state index contributed by atoms with van der Waals surface area (Å²) in [6.07, 6.45) is 3.49. The quantitative estimate of drug-likeness (QED) is 0.738. The smallest absolute Gasteiger partial charge is 0.278 e. The molecule has 1 amide bonds. The first-order valence-electron chi connectivity index (χ1n) is 8.30. The third-order valence-corrected chi connectivity index (χ3v) is 4.63. The van der Waals surface area contributed by atoms with Crippen molar-refractivity contribution in [3.63, 3.8) is 0 Å². The Morgan fingerprint density at radius 2 is 2.24 bits per heavy atom. The fourth-order valence-corrected chi connectivity index (χ4v) is 3.46. The number of amides is 1. The number of nitrogens with one attached hydrogen (secondary N) is 1. The van der Waals surface area contributed by atoms with E-state index in [4.69, 9.17) is 5.73 Å². The lowest BCUT2D eigenvalue weighted by Gasteiger charge is -2.30. The minimum absolute atomic E-state index is 0.198. The van der Waals surface area contributed by atoms with Crippen molar-refractivity contribution in [1.82, 2.24) is 14.6 Å². The summed E-state index contributed by atoms with van der Waals surface area (Å²) in [6.45, 7) is 2.86. The second-order valence-electron chi connectivity index (χ2n) is 6.30. The monoisotopic (exact) mass is 337 g/mol. The van der Waals surface area contributed by atoms with E-state index in [0.717, 1.165) is 29.7 Å². The van der Waals surface area contributed by atoms with Gasteiger partial charge in [0.25, 0.3) is 11.5 Å². The SMILES string of the molecule is Cc1cn2nc(C(=O)N3CCCc4c(CN)cccc43)cc2c(=O)[nH]1. The highest BCUT2D eigenvalue weighted by atomic mass is 16.2. The van der Waals surface area contributed by atoms with Crippen LogP contribution >= 0.6 is 0 Å². The van der Waals surface area contributed by atoms with Gasteiger partial charge < -0.3 is 15.6 Å². The lowest BCUT2D eigenvalue weighted by Crippen LogP contribution is -2.36. The molecule has 1 aliphatic heterocycles. The van der Waals surface area contributed by atoms with Crippen LogP contribution in [-0.4, -0.2) is 27.0 Å². The zero-order valence-corrected chi connectivity index (χ0v) is 14.0. The van der Waals surface area contributed by atoms with E-state index >= 15 is 0 Å². The zero-order chi connectivity index (χ0) is 17.6. The van der Waals surface area contributed by atoms with E-state index in [1.807, 2.05) is 18.2 Å². The summed E-state index contributed by atoms with van der Waals surface area (Å²) in [5, 5.41) is 4.31. The van der Waals surface area contributed by atoms with Gasteiger partial charge in [-0.25, -0.2) is 4.52 Å². The van der Waals surface area contributed by atoms with Gasteiger partial charge in [0.05, 0.1) is 0 Å². The summed E-state index contributed by atoms with van der Waals surface area (Å²) in [4.78, 5) is 29.5. The number of aromatic nitrogens is 3. The Morgan fingerprint density at radius 3 is 3.04 bits per heavy atom. The van der Waals surface area contributed by atoms with Gasteiger partial charge in [-0.3, -0.25) is 9.59 Å². The first-order valence-corrected chi connectivity index (χ1v) is 8.30. The molecule has 7 nitrogen and oxygen atoms in total. The van der Waals surface area contributed by atoms with Gasteiger partial charge in [0, 0.05) is 36.7 Å². The minimum Gasteiger partial charge on any atom is -0.326 e. The first-order chi connectivity index (χ1) is 12.1. The summed E-state index contributed by atoms with van der Waals surface area (Å²) in [5.41, 5.74) is 9.98. The number of hydrogen-bond acceptors (Lipinski definition) is 4. The lowest BCUT2D eigenvalue weighted by molar-refractivity contribution is 0.0980. The molecule has 0 spiro atoms. The van der Waals surface area contributed by atoms with E-state index in [1.54, 1.807) is 24.1 Å². The molecule has 2 aromatic heterocycles. The van der Waals surface area contributed by atoms with Gasteiger partial charge in [0.2, 0.25) is 0 Å². The molecule has 0 bridgehead atoms. The number of benzene rings is 1. The van der Waals surface area contributed by atoms with Crippen LogP contribution in [0.5, 0.6) is 0 Å². The van der Waals surface area contributed by atoms with Crippen molar-refractivity contribution in [2.75, 3.05) is 11.4 Å². The standard InChI is InChI=1S/C18H19N5O2/c1-11-10-23-16(17(24)20-11)8-14(21-23)18(25)22-7-3-5-13-12(9-19)4-2-6-15(13)22/h2,4,6,8,10H,3,5,7,9,19H2,1H3,(H,20,24). The van der Waals surface area contributed by atoms with Gasteiger partial charge >= 0.3 is 0 Å². The molecule has 1 aromatic carbocycles. The average molecular weight is 337 g/mol. The molecule has 25 heavy (non-hydrogen) atoms. The van der Waals surface area contributed by atoms with Gasteiger partial charge in [-0.2, -0.15) is 5.10 Å². The van der Waals surface area contributed by atoms with Gasteiger partial charge in [-0.1, -0.05) is 12.1 Å². The van der Waals surface area contributed by atoms with Gasteiger partial charge in [0.15, 0.2) is 5.69 Å². The number of fused-ring (bicyclic) bond motifs is 2. The second-order valence-corrected chi connectivity index (χ2v) is 6.30. The van der Waals surface area contributed by atoms with Crippen LogP contribution in [-0.2, 0) is 13.0 Å². The number of aryl methyl sites for hydroxylation is 1. The molecule has 0 atom stereocenters. The van der Waals surface area contributed by atoms with Crippen LogP contribution < -0.4 is 16.2 Å². The lowest BCUT2D eigenvalue weighted by atomic mass is 9.96. The van der Waals surface area contributed by atoms with Crippen LogP contribution in [0.3, 0.4) is 0 Å². The van der Waals surface area contributed by atoms with Crippen LogP contribution in [0, 0.1) is 6.92 Å². The van der Waals surface area contributed by atoms with Crippen molar-refractivity contribution in [3.8, 4) is 0 Å². The topological polar surface area (TPSA) is 96.5 Å². The molecule has 0 unspecified atom stereocenters. The molecular weight excluding hydrogens is 318 g/mol. The molecule has 1 aliphatic rings. The fourth-order valence-electron chi connectivity index (χ4n) is 3.46. The van der Waals surface area contributed by atoms with Crippen molar-refractivity contribution >= 4 is 17.1 Å². The highest BCUT2D eigenvalue weighted by Crippen LogP contribution is 2.30. The Bertz CT molecular complexity index is 1030. The first kappa shape index (κ1) is 15.6. The molecule has 7 heteroatoms. The van der Waals surface area contributed by atoms with E-state index in [9.17, 15) is 9.59 Å². The van der Waals surface area contributed by atoms with E-state index in [-0.39, 0.29) is 17.2 Å². The summed E-state index contributed by atoms with van der Waals surface area (Å²) in [5.74, 6) is -0.198. The van der Waals surface area contributed by atoms with Crippen molar-refractivity contribution < 1.29 is 4.79 Å². The Kier molecular flexibility index (Phi) is 3.65. The van der Waals surface area contributed by atoms with Gasteiger partial charge in [-0.15, -0.1) is 0 Å². The molecule has 128 valence electrons. The van der Waals surface area contributed by atoms with Crippen LogP contribution in [0.15, 0.2) is 35.3 Å². The Labute approximate surface area is 144 Å². The normalized spacial score (nSPS) is 13.9. The predicted molar refractivity (Wildman–Crippen MR) is 94.9 cm³/mol. The molecule has 0 aliphatic carbocycles. The maximum atomic E-state index is 13.0. The molecule has 3 N–H and O–H groups in total. The van der Waals surface area contributed by atoms with Crippen molar-refractivity contribution in [1.29, 1.82) is 0 Å². The molecule has 3 aromatic rings. The molecule has 0 saturated heterocycles. The zero-order valence-electron chi connectivity index (χ0n) is 14.0. The predicted octanol–water partition coefficient (Wildman–Crippen LogP) is 1.38. The Morgan fingerprint density at radius 1 is 1.40 bits per heavy atom. The number of nitrogens with zero attached hydrogens (tertiary/aromatic N) is 3. The number of hydrogen-bond donors (Lipinski definition) is 2. The van der Waals surface area contributed by atoms with E-state index < -0.39 is 0 Å². The summed E-state index contributed by atoms with van der Waals surface area (Å²) >= 11 is 0. The summed E-state index contributed by atoms with van der Waals surface area (Å²) in [7, 11) is 0. The van der Waals surface area contributed by atoms with E-state index in [1.165, 1.54) is 4.52 Å². The van der Waals surface area contributed by atoms with Crippen LogP contribution in [0.25, 0.3) is 5.52 Å². The van der Waals surface area contributed by atoms with Gasteiger partial charge in [0.1, 0.15) is 5.52 Å². The minimum atomic E-state index is -0.254. The highest BCUT2D eigenvalue weighted by Gasteiger charge is 2.26. The van der Waals surface area contributed by atoms with E-state index in [0.29, 0.717) is 24.3 Å². The Hall–Kier alpha value is -2.93. The molecule has 3 heterocycles. The van der Waals surface area contributed by atoms with E-state index in [2.05, 4.69) is 10.1 Å². The van der Waals surface area contributed by atoms with Crippen molar-refractivity contribution in [3.05, 3.63) is 63.3 Å². The third-order valence-electron chi connectivity index (χ3n) is 4.63. The molecule has 4 rings (SSSR count). The fraction of sp³-hybridized carbons (Fsp3) is 0.278.